The van der Waals surface area contributed by atoms with Crippen LogP contribution in [0.25, 0.3) is 0 Å². The van der Waals surface area contributed by atoms with Crippen molar-refractivity contribution in [1.29, 1.82) is 0 Å². The highest BCUT2D eigenvalue weighted by atomic mass is 16.5. The zero-order valence-electron chi connectivity index (χ0n) is 9.83. The molecule has 84 valence electrons. The fourth-order valence-electron chi connectivity index (χ4n) is 0.922. The number of anilines is 1. The average molecular weight is 209 g/mol. The van der Waals surface area contributed by atoms with E-state index in [-0.39, 0.29) is 0 Å². The maximum Gasteiger partial charge on any atom is 0.411 e. The van der Waals surface area contributed by atoms with Gasteiger partial charge in [-0.1, -0.05) is 31.5 Å². The molecule has 0 atom stereocenters. The molecule has 0 bridgehead atoms. The van der Waals surface area contributed by atoms with Gasteiger partial charge in [-0.2, -0.15) is 0 Å². The fourth-order valence-corrected chi connectivity index (χ4v) is 0.922. The summed E-state index contributed by atoms with van der Waals surface area (Å²) in [5.74, 6) is 0. The number of carbonyl (C=O) groups is 1. The Balaban J connectivity index is 0.000000921. The molecule has 0 aliphatic carbocycles. The monoisotopic (exact) mass is 209 g/mol. The van der Waals surface area contributed by atoms with Crippen molar-refractivity contribution in [3.63, 3.8) is 0 Å². The van der Waals surface area contributed by atoms with Gasteiger partial charge in [-0.15, -0.1) is 0 Å². The van der Waals surface area contributed by atoms with Crippen molar-refractivity contribution in [3.8, 4) is 0 Å². The van der Waals surface area contributed by atoms with Gasteiger partial charge in [0.25, 0.3) is 0 Å². The summed E-state index contributed by atoms with van der Waals surface area (Å²) in [4.78, 5) is 11.0. The number of ether oxygens (including phenoxy) is 1. The molecule has 0 fully saturated rings. The van der Waals surface area contributed by atoms with Gasteiger partial charge in [0.2, 0.25) is 0 Å². The first-order valence-corrected chi connectivity index (χ1v) is 5.23. The lowest BCUT2D eigenvalue weighted by Crippen LogP contribution is -2.12. The van der Waals surface area contributed by atoms with Crippen LogP contribution in [0.3, 0.4) is 0 Å². The Labute approximate surface area is 91.5 Å². The molecule has 0 spiro atoms. The molecule has 0 saturated carbocycles. The molecule has 0 radical (unpaired) electrons. The van der Waals surface area contributed by atoms with Gasteiger partial charge < -0.3 is 4.74 Å². The highest BCUT2D eigenvalue weighted by Crippen LogP contribution is 2.08. The Hall–Kier alpha value is -1.51. The quantitative estimate of drug-likeness (QED) is 0.808. The zero-order valence-corrected chi connectivity index (χ0v) is 9.83. The summed E-state index contributed by atoms with van der Waals surface area (Å²) in [6.07, 6.45) is -0.411. The van der Waals surface area contributed by atoms with E-state index in [4.69, 9.17) is 4.74 Å². The van der Waals surface area contributed by atoms with E-state index in [2.05, 4.69) is 5.32 Å². The number of hydrogen-bond donors (Lipinski definition) is 1. The van der Waals surface area contributed by atoms with Gasteiger partial charge in [0.1, 0.15) is 0 Å². The molecular formula is C12H19NO2. The van der Waals surface area contributed by atoms with Crippen LogP contribution in [0.1, 0.15) is 26.3 Å². The third-order valence-corrected chi connectivity index (χ3v) is 1.57. The molecule has 0 aliphatic rings. The fraction of sp³-hybridized carbons (Fsp3) is 0.417. The van der Waals surface area contributed by atoms with Gasteiger partial charge in [0.05, 0.1) is 6.61 Å². The van der Waals surface area contributed by atoms with E-state index in [0.717, 1.165) is 11.3 Å². The Morgan fingerprint density at radius 1 is 1.27 bits per heavy atom. The zero-order chi connectivity index (χ0) is 11.7. The molecule has 3 heteroatoms. The molecular weight excluding hydrogens is 190 g/mol. The van der Waals surface area contributed by atoms with E-state index >= 15 is 0 Å². The van der Waals surface area contributed by atoms with Gasteiger partial charge in [-0.05, 0) is 26.0 Å². The molecule has 1 aromatic carbocycles. The summed E-state index contributed by atoms with van der Waals surface area (Å²) < 4.78 is 4.73. The molecule has 1 rings (SSSR count). The standard InChI is InChI=1S/C10H13NO2.C2H6/c1-3-13-10(12)11-9-6-4-8(2)5-7-9;1-2/h4-7H,3H2,1-2H3,(H,11,12);1-2H3. The van der Waals surface area contributed by atoms with Crippen molar-refractivity contribution < 1.29 is 9.53 Å². The summed E-state index contributed by atoms with van der Waals surface area (Å²) in [6.45, 7) is 8.15. The Morgan fingerprint density at radius 3 is 2.27 bits per heavy atom. The number of aryl methyl sites for hydroxylation is 1. The van der Waals surface area contributed by atoms with Crippen LogP contribution in [-0.2, 0) is 4.74 Å². The van der Waals surface area contributed by atoms with Crippen molar-refractivity contribution in [3.05, 3.63) is 29.8 Å². The van der Waals surface area contributed by atoms with Crippen LogP contribution < -0.4 is 5.32 Å². The first kappa shape index (κ1) is 13.5. The summed E-state index contributed by atoms with van der Waals surface area (Å²) in [6, 6.07) is 7.54. The van der Waals surface area contributed by atoms with E-state index in [9.17, 15) is 4.79 Å². The lowest BCUT2D eigenvalue weighted by Gasteiger charge is -2.04. The lowest BCUT2D eigenvalue weighted by atomic mass is 10.2. The maximum atomic E-state index is 11.0. The second-order valence-corrected chi connectivity index (χ2v) is 2.71. The largest absolute Gasteiger partial charge is 0.450 e. The number of hydrogen-bond acceptors (Lipinski definition) is 2. The normalized spacial score (nSPS) is 8.53. The first-order valence-electron chi connectivity index (χ1n) is 5.23. The predicted octanol–water partition coefficient (Wildman–Crippen LogP) is 3.59. The third-order valence-electron chi connectivity index (χ3n) is 1.57. The summed E-state index contributed by atoms with van der Waals surface area (Å²) >= 11 is 0. The molecule has 0 heterocycles. The van der Waals surface area contributed by atoms with Crippen molar-refractivity contribution >= 4 is 11.8 Å². The van der Waals surface area contributed by atoms with Gasteiger partial charge in [-0.25, -0.2) is 4.79 Å². The van der Waals surface area contributed by atoms with Gasteiger partial charge in [-0.3, -0.25) is 5.32 Å². The number of benzene rings is 1. The average Bonchev–Trinajstić information content (AvgIpc) is 2.25. The number of carbonyl (C=O) groups excluding carboxylic acids is 1. The van der Waals surface area contributed by atoms with Crippen molar-refractivity contribution in [1.82, 2.24) is 0 Å². The smallest absolute Gasteiger partial charge is 0.411 e. The minimum absolute atomic E-state index is 0.387. The molecule has 0 aliphatic heterocycles. The van der Waals surface area contributed by atoms with Crippen molar-refractivity contribution in [2.45, 2.75) is 27.7 Å². The highest BCUT2D eigenvalue weighted by Gasteiger charge is 1.99. The molecule has 1 N–H and O–H groups in total. The molecule has 15 heavy (non-hydrogen) atoms. The van der Waals surface area contributed by atoms with E-state index in [1.54, 1.807) is 6.92 Å². The molecule has 0 unspecified atom stereocenters. The number of nitrogens with one attached hydrogen (secondary N) is 1. The summed E-state index contributed by atoms with van der Waals surface area (Å²) in [5, 5.41) is 2.61. The van der Waals surface area contributed by atoms with Crippen molar-refractivity contribution in [2.75, 3.05) is 11.9 Å². The van der Waals surface area contributed by atoms with Crippen LogP contribution in [-0.4, -0.2) is 12.7 Å². The molecule has 0 saturated heterocycles. The molecule has 3 nitrogen and oxygen atoms in total. The van der Waals surface area contributed by atoms with E-state index < -0.39 is 6.09 Å². The Kier molecular flexibility index (Phi) is 7.06. The minimum Gasteiger partial charge on any atom is -0.450 e. The van der Waals surface area contributed by atoms with E-state index in [0.29, 0.717) is 6.61 Å². The molecule has 1 aromatic rings. The van der Waals surface area contributed by atoms with Gasteiger partial charge in [0.15, 0.2) is 0 Å². The first-order chi connectivity index (χ1) is 7.22. The van der Waals surface area contributed by atoms with Crippen LogP contribution in [0.2, 0.25) is 0 Å². The van der Waals surface area contributed by atoms with Gasteiger partial charge in [0, 0.05) is 5.69 Å². The number of amides is 1. The Bertz CT molecular complexity index is 280. The second kappa shape index (κ2) is 7.85. The van der Waals surface area contributed by atoms with Crippen molar-refractivity contribution in [2.24, 2.45) is 0 Å². The van der Waals surface area contributed by atoms with Gasteiger partial charge >= 0.3 is 6.09 Å². The van der Waals surface area contributed by atoms with Crippen LogP contribution in [0.15, 0.2) is 24.3 Å². The van der Waals surface area contributed by atoms with Crippen LogP contribution in [0, 0.1) is 6.92 Å². The second-order valence-electron chi connectivity index (χ2n) is 2.71. The third kappa shape index (κ3) is 5.73. The Morgan fingerprint density at radius 2 is 1.80 bits per heavy atom. The summed E-state index contributed by atoms with van der Waals surface area (Å²) in [7, 11) is 0. The minimum atomic E-state index is -0.411. The topological polar surface area (TPSA) is 38.3 Å². The van der Waals surface area contributed by atoms with Crippen LogP contribution in [0.5, 0.6) is 0 Å². The predicted molar refractivity (Wildman–Crippen MR) is 63.2 cm³/mol. The summed E-state index contributed by atoms with van der Waals surface area (Å²) in [5.41, 5.74) is 1.92. The lowest BCUT2D eigenvalue weighted by molar-refractivity contribution is 0.168. The van der Waals surface area contributed by atoms with Crippen LogP contribution >= 0.6 is 0 Å². The SMILES string of the molecule is CC.CCOC(=O)Nc1ccc(C)cc1. The maximum absolute atomic E-state index is 11.0. The number of rotatable bonds is 2. The highest BCUT2D eigenvalue weighted by molar-refractivity contribution is 5.84. The van der Waals surface area contributed by atoms with E-state index in [1.807, 2.05) is 45.0 Å². The van der Waals surface area contributed by atoms with E-state index in [1.165, 1.54) is 0 Å². The van der Waals surface area contributed by atoms with Crippen LogP contribution in [0.4, 0.5) is 10.5 Å². The molecule has 0 aromatic heterocycles. The molecule has 1 amide bonds.